The van der Waals surface area contributed by atoms with Crippen LogP contribution in [-0.4, -0.2) is 40.6 Å². The lowest BCUT2D eigenvalue weighted by Crippen LogP contribution is -2.45. The predicted octanol–water partition coefficient (Wildman–Crippen LogP) is 2.67. The van der Waals surface area contributed by atoms with E-state index in [1.807, 2.05) is 6.07 Å². The maximum Gasteiger partial charge on any atom is 0.325 e. The van der Waals surface area contributed by atoms with Crippen LogP contribution in [0.15, 0.2) is 59.1 Å². The first kappa shape index (κ1) is 20.5. The summed E-state index contributed by atoms with van der Waals surface area (Å²) in [5, 5.41) is 14.5. The van der Waals surface area contributed by atoms with Crippen molar-refractivity contribution < 1.29 is 23.1 Å². The summed E-state index contributed by atoms with van der Waals surface area (Å²) in [6, 6.07) is 12.0. The number of ketones is 1. The highest BCUT2D eigenvalue weighted by Crippen LogP contribution is 2.58. The molecule has 3 atom stereocenters. The zero-order valence-electron chi connectivity index (χ0n) is 16.1. The summed E-state index contributed by atoms with van der Waals surface area (Å²) in [5.74, 6) is -2.22. The van der Waals surface area contributed by atoms with E-state index in [-0.39, 0.29) is 9.99 Å². The third kappa shape index (κ3) is 3.26. The molecular weight excluding hydrogens is 426 g/mol. The molecular formula is C20H19N3O5S2. The Balaban J connectivity index is 1.63. The summed E-state index contributed by atoms with van der Waals surface area (Å²) in [5.41, 5.74) is -0.416. The fourth-order valence-corrected chi connectivity index (χ4v) is 6.46. The highest BCUT2D eigenvalue weighted by Gasteiger charge is 2.70. The maximum absolute atomic E-state index is 13.0. The van der Waals surface area contributed by atoms with Gasteiger partial charge in [0, 0.05) is 12.1 Å². The van der Waals surface area contributed by atoms with Gasteiger partial charge in [0.2, 0.25) is 0 Å². The summed E-state index contributed by atoms with van der Waals surface area (Å²) in [7, 11) is -4.09. The number of carboxylic acids is 1. The molecule has 4 rings (SSSR count). The Kier molecular flexibility index (Phi) is 4.88. The molecule has 2 N–H and O–H groups in total. The molecule has 156 valence electrons. The number of benzene rings is 1. The van der Waals surface area contributed by atoms with Crippen molar-refractivity contribution in [1.29, 1.82) is 0 Å². The molecule has 8 nitrogen and oxygen atoms in total. The molecule has 1 unspecified atom stereocenters. The number of aliphatic carboxylic acids is 1. The van der Waals surface area contributed by atoms with E-state index in [4.69, 9.17) is 0 Å². The zero-order valence-corrected chi connectivity index (χ0v) is 17.8. The lowest BCUT2D eigenvalue weighted by atomic mass is 10.1. The van der Waals surface area contributed by atoms with E-state index in [1.165, 1.54) is 30.1 Å². The fourth-order valence-electron chi connectivity index (χ4n) is 3.78. The van der Waals surface area contributed by atoms with Crippen molar-refractivity contribution in [3.63, 3.8) is 0 Å². The molecule has 1 fully saturated rings. The first-order chi connectivity index (χ1) is 14.2. The van der Waals surface area contributed by atoms with Crippen LogP contribution >= 0.6 is 11.3 Å². The normalized spacial score (nSPS) is 23.3. The number of carbonyl (C=O) groups excluding carboxylic acids is 1. The highest BCUT2D eigenvalue weighted by atomic mass is 32.2. The smallest absolute Gasteiger partial charge is 0.325 e. The summed E-state index contributed by atoms with van der Waals surface area (Å²) >= 11 is 0.942. The number of rotatable bonds is 7. The number of aromatic nitrogens is 2. The van der Waals surface area contributed by atoms with Crippen molar-refractivity contribution >= 4 is 33.1 Å². The van der Waals surface area contributed by atoms with Gasteiger partial charge in [0.25, 0.3) is 10.0 Å². The molecule has 0 aliphatic heterocycles. The van der Waals surface area contributed by atoms with Crippen LogP contribution in [0.5, 0.6) is 0 Å². The molecule has 2 heterocycles. The van der Waals surface area contributed by atoms with E-state index in [2.05, 4.69) is 9.82 Å². The van der Waals surface area contributed by atoms with Gasteiger partial charge in [-0.05, 0) is 30.5 Å². The number of sulfonamides is 1. The van der Waals surface area contributed by atoms with Crippen LogP contribution in [-0.2, 0) is 14.8 Å². The second kappa shape index (κ2) is 7.15. The summed E-state index contributed by atoms with van der Waals surface area (Å²) in [4.78, 5) is 23.6. The van der Waals surface area contributed by atoms with Gasteiger partial charge in [-0.25, -0.2) is 13.1 Å². The number of thiophene rings is 1. The zero-order chi connectivity index (χ0) is 21.7. The molecule has 1 aliphatic carbocycles. The topological polar surface area (TPSA) is 118 Å². The van der Waals surface area contributed by atoms with Gasteiger partial charge in [0.05, 0.1) is 11.8 Å². The van der Waals surface area contributed by atoms with Gasteiger partial charge >= 0.3 is 5.97 Å². The SMILES string of the molecule is CC(=O)c1cnn(-c2ccc(S(=O)(=O)N[C@@]3(C(=O)O)C(C)[C@@H]3c3ccccc3)s2)c1. The van der Waals surface area contributed by atoms with Gasteiger partial charge in [0.15, 0.2) is 5.78 Å². The first-order valence-electron chi connectivity index (χ1n) is 9.15. The number of hydrogen-bond acceptors (Lipinski definition) is 6. The Morgan fingerprint density at radius 3 is 2.50 bits per heavy atom. The van der Waals surface area contributed by atoms with Gasteiger partial charge in [-0.1, -0.05) is 37.3 Å². The molecule has 0 bridgehead atoms. The van der Waals surface area contributed by atoms with Crippen molar-refractivity contribution in [2.45, 2.75) is 29.5 Å². The molecule has 1 saturated carbocycles. The molecule has 30 heavy (non-hydrogen) atoms. The number of nitrogens with zero attached hydrogens (tertiary/aromatic N) is 2. The lowest BCUT2D eigenvalue weighted by molar-refractivity contribution is -0.140. The molecule has 10 heteroatoms. The van der Waals surface area contributed by atoms with E-state index in [1.54, 1.807) is 37.3 Å². The van der Waals surface area contributed by atoms with Crippen LogP contribution in [0.25, 0.3) is 5.00 Å². The van der Waals surface area contributed by atoms with Crippen molar-refractivity contribution in [3.8, 4) is 5.00 Å². The summed E-state index contributed by atoms with van der Waals surface area (Å²) in [6.07, 6.45) is 2.93. The second-order valence-electron chi connectivity index (χ2n) is 7.28. The third-order valence-electron chi connectivity index (χ3n) is 5.46. The van der Waals surface area contributed by atoms with Crippen LogP contribution in [0.4, 0.5) is 0 Å². The minimum atomic E-state index is -4.09. The van der Waals surface area contributed by atoms with Crippen molar-refractivity contribution in [2.24, 2.45) is 5.92 Å². The van der Waals surface area contributed by atoms with E-state index in [0.717, 1.165) is 16.9 Å². The number of carbonyl (C=O) groups is 2. The van der Waals surface area contributed by atoms with Gasteiger partial charge in [-0.3, -0.25) is 9.59 Å². The highest BCUT2D eigenvalue weighted by molar-refractivity contribution is 7.91. The number of hydrogen-bond donors (Lipinski definition) is 2. The van der Waals surface area contributed by atoms with Crippen molar-refractivity contribution in [3.05, 3.63) is 66.0 Å². The third-order valence-corrected chi connectivity index (χ3v) is 8.51. The van der Waals surface area contributed by atoms with E-state index >= 15 is 0 Å². The number of nitrogens with one attached hydrogen (secondary N) is 1. The molecule has 2 aromatic heterocycles. The van der Waals surface area contributed by atoms with Crippen LogP contribution in [0.1, 0.15) is 35.7 Å². The molecule has 0 radical (unpaired) electrons. The van der Waals surface area contributed by atoms with Gasteiger partial charge < -0.3 is 5.11 Å². The lowest BCUT2D eigenvalue weighted by Gasteiger charge is -2.15. The Labute approximate surface area is 177 Å². The van der Waals surface area contributed by atoms with Crippen LogP contribution in [0, 0.1) is 5.92 Å². The average Bonchev–Trinajstić information content (AvgIpc) is 3.14. The van der Waals surface area contributed by atoms with Gasteiger partial charge in [-0.15, -0.1) is 11.3 Å². The van der Waals surface area contributed by atoms with Crippen LogP contribution in [0.3, 0.4) is 0 Å². The Bertz CT molecular complexity index is 1230. The van der Waals surface area contributed by atoms with Crippen molar-refractivity contribution in [1.82, 2.24) is 14.5 Å². The molecule has 0 saturated heterocycles. The van der Waals surface area contributed by atoms with Crippen LogP contribution in [0.2, 0.25) is 0 Å². The Morgan fingerprint density at radius 2 is 1.90 bits per heavy atom. The number of carboxylic acid groups (broad SMARTS) is 1. The van der Waals surface area contributed by atoms with Crippen LogP contribution < -0.4 is 4.72 Å². The Morgan fingerprint density at radius 1 is 1.20 bits per heavy atom. The molecule has 0 amide bonds. The van der Waals surface area contributed by atoms with E-state index in [9.17, 15) is 23.1 Å². The second-order valence-corrected chi connectivity index (χ2v) is 10.3. The summed E-state index contributed by atoms with van der Waals surface area (Å²) in [6.45, 7) is 3.14. The first-order valence-corrected chi connectivity index (χ1v) is 11.4. The minimum Gasteiger partial charge on any atom is -0.480 e. The Hall–Kier alpha value is -2.82. The molecule has 0 spiro atoms. The largest absolute Gasteiger partial charge is 0.480 e. The van der Waals surface area contributed by atoms with E-state index < -0.39 is 33.4 Å². The monoisotopic (exact) mass is 445 g/mol. The van der Waals surface area contributed by atoms with Gasteiger partial charge in [0.1, 0.15) is 14.7 Å². The molecule has 1 aromatic carbocycles. The van der Waals surface area contributed by atoms with Gasteiger partial charge in [-0.2, -0.15) is 9.82 Å². The standard InChI is InChI=1S/C20H19N3O5S2/c1-12-18(14-6-4-3-5-7-14)20(12,19(25)26)22-30(27,28)17-9-8-16(29-17)23-11-15(10-21-23)13(2)24/h3-12,18,22H,1-2H3,(H,25,26)/t12?,18-,20+/m1/s1. The summed E-state index contributed by atoms with van der Waals surface area (Å²) < 4.78 is 29.9. The average molecular weight is 446 g/mol. The minimum absolute atomic E-state index is 0.0242. The maximum atomic E-state index is 13.0. The van der Waals surface area contributed by atoms with Crippen molar-refractivity contribution in [2.75, 3.05) is 0 Å². The quantitative estimate of drug-likeness (QED) is 0.540. The molecule has 1 aliphatic rings. The number of Topliss-reactive ketones (excluding diaryl/α,β-unsaturated/α-hetero) is 1. The van der Waals surface area contributed by atoms with E-state index in [0.29, 0.717) is 10.6 Å². The fraction of sp³-hybridized carbons (Fsp3) is 0.250. The predicted molar refractivity (Wildman–Crippen MR) is 110 cm³/mol. The molecule has 3 aromatic rings.